The van der Waals surface area contributed by atoms with Gasteiger partial charge in [-0.2, -0.15) is 13.2 Å². The molecule has 3 aromatic rings. The molecule has 6 nitrogen and oxygen atoms in total. The number of aryl methyl sites for hydroxylation is 1. The summed E-state index contributed by atoms with van der Waals surface area (Å²) in [6, 6.07) is 15.3. The molecule has 0 spiro atoms. The maximum Gasteiger partial charge on any atom is 0.416 e. The van der Waals surface area contributed by atoms with E-state index < -0.39 is 11.7 Å². The van der Waals surface area contributed by atoms with Gasteiger partial charge in [-0.05, 0) is 73.9 Å². The zero-order chi connectivity index (χ0) is 26.6. The summed E-state index contributed by atoms with van der Waals surface area (Å²) in [7, 11) is 1.59. The van der Waals surface area contributed by atoms with Gasteiger partial charge in [0.25, 0.3) is 11.8 Å². The molecule has 194 valence electrons. The second-order valence-corrected chi connectivity index (χ2v) is 9.06. The Labute approximate surface area is 213 Å². The molecule has 1 aliphatic rings. The highest BCUT2D eigenvalue weighted by Crippen LogP contribution is 2.32. The highest BCUT2D eigenvalue weighted by molar-refractivity contribution is 5.96. The molecule has 1 fully saturated rings. The number of nitrogens with one attached hydrogen (secondary N) is 1. The largest absolute Gasteiger partial charge is 0.497 e. The average Bonchev–Trinajstić information content (AvgIpc) is 2.91. The number of aromatic nitrogens is 1. The van der Waals surface area contributed by atoms with Gasteiger partial charge in [0, 0.05) is 36.8 Å². The van der Waals surface area contributed by atoms with Gasteiger partial charge in [-0.25, -0.2) is 0 Å². The molecule has 1 saturated heterocycles. The number of ether oxygens (including phenoxy) is 1. The quantitative estimate of drug-likeness (QED) is 0.483. The van der Waals surface area contributed by atoms with Crippen molar-refractivity contribution < 1.29 is 27.5 Å². The molecule has 9 heteroatoms. The summed E-state index contributed by atoms with van der Waals surface area (Å²) in [6.45, 7) is 3.05. The molecular formula is C28H28F3N3O3. The second kappa shape index (κ2) is 11.0. The first-order chi connectivity index (χ1) is 17.7. The Morgan fingerprint density at radius 1 is 1.05 bits per heavy atom. The van der Waals surface area contributed by atoms with E-state index in [1.165, 1.54) is 12.1 Å². The molecule has 1 aromatic heterocycles. The van der Waals surface area contributed by atoms with Crippen LogP contribution >= 0.6 is 0 Å². The number of halogens is 3. The SMILES string of the molecule is COc1cccc(CNC(=O)c2ccc(C)nc2C2CCN(C(=O)c3ccc(C(F)(F)F)cc3)CC2)c1. The third kappa shape index (κ3) is 6.28. The molecule has 0 saturated carbocycles. The summed E-state index contributed by atoms with van der Waals surface area (Å²) in [5.74, 6) is 0.158. The molecule has 2 heterocycles. The Kier molecular flexibility index (Phi) is 7.80. The number of hydrogen-bond donors (Lipinski definition) is 1. The van der Waals surface area contributed by atoms with Crippen LogP contribution in [0.1, 0.15) is 62.0 Å². The normalized spacial score (nSPS) is 14.4. The van der Waals surface area contributed by atoms with E-state index in [2.05, 4.69) is 10.3 Å². The van der Waals surface area contributed by atoms with Crippen LogP contribution in [-0.4, -0.2) is 41.9 Å². The molecule has 1 N–H and O–H groups in total. The number of carbonyl (C=O) groups is 2. The molecule has 0 atom stereocenters. The Bertz CT molecular complexity index is 1270. The number of rotatable bonds is 6. The zero-order valence-electron chi connectivity index (χ0n) is 20.6. The summed E-state index contributed by atoms with van der Waals surface area (Å²) in [5.41, 5.74) is 2.33. The van der Waals surface area contributed by atoms with Crippen LogP contribution in [0.15, 0.2) is 60.7 Å². The van der Waals surface area contributed by atoms with Crippen molar-refractivity contribution in [3.63, 3.8) is 0 Å². The number of pyridine rings is 1. The van der Waals surface area contributed by atoms with E-state index in [1.807, 2.05) is 31.2 Å². The second-order valence-electron chi connectivity index (χ2n) is 9.06. The van der Waals surface area contributed by atoms with Gasteiger partial charge in [0.2, 0.25) is 0 Å². The Morgan fingerprint density at radius 2 is 1.76 bits per heavy atom. The van der Waals surface area contributed by atoms with Crippen LogP contribution in [0.5, 0.6) is 5.75 Å². The van der Waals surface area contributed by atoms with Crippen LogP contribution < -0.4 is 10.1 Å². The Morgan fingerprint density at radius 3 is 2.41 bits per heavy atom. The van der Waals surface area contributed by atoms with E-state index in [-0.39, 0.29) is 23.3 Å². The average molecular weight is 512 g/mol. The number of nitrogens with zero attached hydrogens (tertiary/aromatic N) is 2. The van der Waals surface area contributed by atoms with Crippen LogP contribution in [0.2, 0.25) is 0 Å². The van der Waals surface area contributed by atoms with Crippen molar-refractivity contribution in [1.82, 2.24) is 15.2 Å². The molecule has 0 bridgehead atoms. The third-order valence-corrected chi connectivity index (χ3v) is 6.52. The van der Waals surface area contributed by atoms with E-state index >= 15 is 0 Å². The maximum atomic E-state index is 13.1. The topological polar surface area (TPSA) is 71.5 Å². The van der Waals surface area contributed by atoms with Crippen molar-refractivity contribution in [3.8, 4) is 5.75 Å². The molecule has 0 unspecified atom stereocenters. The van der Waals surface area contributed by atoms with Crippen molar-refractivity contribution >= 4 is 11.8 Å². The highest BCUT2D eigenvalue weighted by Gasteiger charge is 2.31. The van der Waals surface area contributed by atoms with Crippen LogP contribution in [0.4, 0.5) is 13.2 Å². The van der Waals surface area contributed by atoms with Gasteiger partial charge in [-0.1, -0.05) is 12.1 Å². The molecule has 4 rings (SSSR count). The molecule has 2 amide bonds. The fourth-order valence-corrected chi connectivity index (χ4v) is 4.48. The monoisotopic (exact) mass is 511 g/mol. The van der Waals surface area contributed by atoms with Crippen LogP contribution in [0.3, 0.4) is 0 Å². The lowest BCUT2D eigenvalue weighted by molar-refractivity contribution is -0.137. The first-order valence-electron chi connectivity index (χ1n) is 12.0. The number of piperidine rings is 1. The van der Waals surface area contributed by atoms with Crippen LogP contribution in [0.25, 0.3) is 0 Å². The molecular weight excluding hydrogens is 483 g/mol. The lowest BCUT2D eigenvalue weighted by Gasteiger charge is -2.32. The van der Waals surface area contributed by atoms with Gasteiger partial charge in [0.15, 0.2) is 0 Å². The fourth-order valence-electron chi connectivity index (χ4n) is 4.48. The minimum atomic E-state index is -4.45. The van der Waals surface area contributed by atoms with Crippen molar-refractivity contribution in [2.24, 2.45) is 0 Å². The van der Waals surface area contributed by atoms with Gasteiger partial charge >= 0.3 is 6.18 Å². The standard InChI is InChI=1S/C28H28F3N3O3/c1-18-6-11-24(26(35)32-17-19-4-3-5-23(16-19)37-2)25(33-18)20-12-14-34(15-13-20)27(36)21-7-9-22(10-8-21)28(29,30)31/h3-11,16,20H,12-15,17H2,1-2H3,(H,32,35). The zero-order valence-corrected chi connectivity index (χ0v) is 20.6. The lowest BCUT2D eigenvalue weighted by atomic mass is 9.89. The first-order valence-corrected chi connectivity index (χ1v) is 12.0. The highest BCUT2D eigenvalue weighted by atomic mass is 19.4. The number of carbonyl (C=O) groups excluding carboxylic acids is 2. The van der Waals surface area contributed by atoms with Gasteiger partial charge in [-0.15, -0.1) is 0 Å². The lowest BCUT2D eigenvalue weighted by Crippen LogP contribution is -2.38. The summed E-state index contributed by atoms with van der Waals surface area (Å²) in [6.07, 6.45) is -3.25. The van der Waals surface area contributed by atoms with Crippen molar-refractivity contribution in [1.29, 1.82) is 0 Å². The van der Waals surface area contributed by atoms with Gasteiger partial charge in [0.1, 0.15) is 5.75 Å². The predicted octanol–water partition coefficient (Wildman–Crippen LogP) is 5.37. The summed E-state index contributed by atoms with van der Waals surface area (Å²) in [5, 5.41) is 2.95. The number of hydrogen-bond acceptors (Lipinski definition) is 4. The fraction of sp³-hybridized carbons (Fsp3) is 0.321. The number of alkyl halides is 3. The van der Waals surface area contributed by atoms with E-state index in [0.29, 0.717) is 49.5 Å². The third-order valence-electron chi connectivity index (χ3n) is 6.52. The summed E-state index contributed by atoms with van der Waals surface area (Å²) in [4.78, 5) is 32.2. The van der Waals surface area contributed by atoms with Gasteiger partial charge in [0.05, 0.1) is 23.9 Å². The first kappa shape index (κ1) is 26.2. The molecule has 0 aliphatic carbocycles. The summed E-state index contributed by atoms with van der Waals surface area (Å²) >= 11 is 0. The number of likely N-dealkylation sites (tertiary alicyclic amines) is 1. The minimum Gasteiger partial charge on any atom is -0.497 e. The summed E-state index contributed by atoms with van der Waals surface area (Å²) < 4.78 is 43.7. The van der Waals surface area contributed by atoms with Crippen molar-refractivity contribution in [3.05, 3.63) is 94.3 Å². The van der Waals surface area contributed by atoms with Crippen LogP contribution in [0, 0.1) is 6.92 Å². The van der Waals surface area contributed by atoms with Gasteiger partial charge in [-0.3, -0.25) is 14.6 Å². The molecule has 1 aliphatic heterocycles. The van der Waals surface area contributed by atoms with E-state index in [4.69, 9.17) is 4.74 Å². The number of amides is 2. The Balaban J connectivity index is 1.41. The molecule has 0 radical (unpaired) electrons. The van der Waals surface area contributed by atoms with Crippen molar-refractivity contribution in [2.75, 3.05) is 20.2 Å². The Hall–Kier alpha value is -3.88. The molecule has 2 aromatic carbocycles. The minimum absolute atomic E-state index is 0.0193. The van der Waals surface area contributed by atoms with E-state index in [0.717, 1.165) is 23.4 Å². The van der Waals surface area contributed by atoms with E-state index in [9.17, 15) is 22.8 Å². The smallest absolute Gasteiger partial charge is 0.416 e. The van der Waals surface area contributed by atoms with Crippen molar-refractivity contribution in [2.45, 2.75) is 38.4 Å². The maximum absolute atomic E-state index is 13.1. The number of benzene rings is 2. The predicted molar refractivity (Wildman–Crippen MR) is 132 cm³/mol. The van der Waals surface area contributed by atoms with Gasteiger partial charge < -0.3 is 15.0 Å². The van der Waals surface area contributed by atoms with Crippen LogP contribution in [-0.2, 0) is 12.7 Å². The molecule has 37 heavy (non-hydrogen) atoms. The van der Waals surface area contributed by atoms with E-state index in [1.54, 1.807) is 24.1 Å². The number of methoxy groups -OCH3 is 1.